The van der Waals surface area contributed by atoms with Gasteiger partial charge in [0, 0.05) is 6.07 Å². The van der Waals surface area contributed by atoms with Crippen molar-refractivity contribution in [3.63, 3.8) is 0 Å². The number of nitrogens with zero attached hydrogens (tertiary/aromatic N) is 2. The Morgan fingerprint density at radius 1 is 1.06 bits per heavy atom. The van der Waals surface area contributed by atoms with Gasteiger partial charge in [-0.3, -0.25) is 0 Å². The molecule has 18 heavy (non-hydrogen) atoms. The quantitative estimate of drug-likeness (QED) is 0.852. The average Bonchev–Trinajstić information content (AvgIpc) is 2.28. The number of hydrogen-bond donors (Lipinski definition) is 1. The van der Waals surface area contributed by atoms with Gasteiger partial charge in [-0.05, 0) is 17.7 Å². The van der Waals surface area contributed by atoms with Crippen LogP contribution in [0.4, 0.5) is 24.7 Å². The minimum atomic E-state index is -0.978. The molecule has 1 aromatic heterocycles. The second kappa shape index (κ2) is 4.99. The Hall–Kier alpha value is -1.53. The number of aromatic nitrogens is 2. The van der Waals surface area contributed by atoms with Crippen LogP contribution in [-0.2, 0) is 0 Å². The van der Waals surface area contributed by atoms with Crippen LogP contribution in [0.2, 0.25) is 10.3 Å². The van der Waals surface area contributed by atoms with Crippen molar-refractivity contribution in [1.82, 2.24) is 9.97 Å². The summed E-state index contributed by atoms with van der Waals surface area (Å²) in [5, 5.41) is 1.82. The highest BCUT2D eigenvalue weighted by molar-refractivity contribution is 6.33. The molecule has 1 heterocycles. The lowest BCUT2D eigenvalue weighted by Crippen LogP contribution is -2.01. The molecule has 0 amide bonds. The van der Waals surface area contributed by atoms with E-state index in [1.54, 1.807) is 0 Å². The highest BCUT2D eigenvalue weighted by Gasteiger charge is 2.13. The molecule has 2 aromatic rings. The molecule has 94 valence electrons. The zero-order chi connectivity index (χ0) is 13.3. The van der Waals surface area contributed by atoms with Crippen LogP contribution in [0.3, 0.4) is 0 Å². The van der Waals surface area contributed by atoms with Crippen LogP contribution < -0.4 is 5.32 Å². The van der Waals surface area contributed by atoms with Gasteiger partial charge in [0.25, 0.3) is 0 Å². The summed E-state index contributed by atoms with van der Waals surface area (Å²) in [6.45, 7) is 0. The molecular formula is C10H4Cl2F3N3. The van der Waals surface area contributed by atoms with E-state index in [1.165, 1.54) is 0 Å². The molecule has 0 radical (unpaired) electrons. The second-order valence-corrected chi connectivity index (χ2v) is 3.95. The first-order valence-corrected chi connectivity index (χ1v) is 5.32. The van der Waals surface area contributed by atoms with Crippen LogP contribution in [-0.4, -0.2) is 9.97 Å². The fourth-order valence-corrected chi connectivity index (χ4v) is 1.59. The van der Waals surface area contributed by atoms with Crippen molar-refractivity contribution in [2.45, 2.75) is 0 Å². The summed E-state index contributed by atoms with van der Waals surface area (Å²) >= 11 is 11.1. The summed E-state index contributed by atoms with van der Waals surface area (Å²) in [7, 11) is 0. The maximum absolute atomic E-state index is 13.4. The fourth-order valence-electron chi connectivity index (χ4n) is 1.21. The Labute approximate surface area is 110 Å². The van der Waals surface area contributed by atoms with Gasteiger partial charge in [0.2, 0.25) is 5.28 Å². The van der Waals surface area contributed by atoms with E-state index in [-0.39, 0.29) is 21.8 Å². The van der Waals surface area contributed by atoms with Crippen molar-refractivity contribution in [3.8, 4) is 0 Å². The minimum absolute atomic E-state index is 0.224. The number of hydrogen-bond acceptors (Lipinski definition) is 3. The molecular weight excluding hydrogens is 290 g/mol. The summed E-state index contributed by atoms with van der Waals surface area (Å²) in [5.41, 5.74) is -0.299. The van der Waals surface area contributed by atoms with Gasteiger partial charge >= 0.3 is 0 Å². The molecule has 8 heteroatoms. The van der Waals surface area contributed by atoms with E-state index in [1.807, 2.05) is 0 Å². The highest BCUT2D eigenvalue weighted by Crippen LogP contribution is 2.29. The molecule has 0 unspecified atom stereocenters. The van der Waals surface area contributed by atoms with Crippen molar-refractivity contribution in [1.29, 1.82) is 0 Å². The molecule has 3 nitrogen and oxygen atoms in total. The lowest BCUT2D eigenvalue weighted by atomic mass is 10.3. The van der Waals surface area contributed by atoms with Gasteiger partial charge < -0.3 is 5.32 Å². The van der Waals surface area contributed by atoms with Gasteiger partial charge in [0.15, 0.2) is 17.5 Å². The average molecular weight is 294 g/mol. The third-order valence-corrected chi connectivity index (χ3v) is 2.45. The molecule has 0 saturated carbocycles. The van der Waals surface area contributed by atoms with E-state index in [0.29, 0.717) is 6.07 Å². The lowest BCUT2D eigenvalue weighted by Gasteiger charge is -2.09. The predicted molar refractivity (Wildman–Crippen MR) is 61.7 cm³/mol. The van der Waals surface area contributed by atoms with Gasteiger partial charge in [0.05, 0.1) is 16.9 Å². The third-order valence-electron chi connectivity index (χ3n) is 1.96. The van der Waals surface area contributed by atoms with E-state index in [9.17, 15) is 13.2 Å². The molecule has 0 atom stereocenters. The van der Waals surface area contributed by atoms with E-state index < -0.39 is 17.5 Å². The van der Waals surface area contributed by atoms with Crippen LogP contribution in [0.25, 0.3) is 0 Å². The summed E-state index contributed by atoms with van der Waals surface area (Å²) in [4.78, 5) is 6.91. The number of benzene rings is 1. The molecule has 0 fully saturated rings. The van der Waals surface area contributed by atoms with Crippen molar-refractivity contribution < 1.29 is 13.2 Å². The summed E-state index contributed by atoms with van der Waals surface area (Å²) < 4.78 is 39.6. The van der Waals surface area contributed by atoms with E-state index >= 15 is 0 Å². The number of anilines is 2. The first-order chi connectivity index (χ1) is 8.47. The van der Waals surface area contributed by atoms with E-state index in [0.717, 1.165) is 12.3 Å². The van der Waals surface area contributed by atoms with E-state index in [4.69, 9.17) is 23.2 Å². The van der Waals surface area contributed by atoms with Gasteiger partial charge in [-0.2, -0.15) is 4.98 Å². The van der Waals surface area contributed by atoms with Gasteiger partial charge in [0.1, 0.15) is 5.82 Å². The topological polar surface area (TPSA) is 37.8 Å². The van der Waals surface area contributed by atoms with Crippen molar-refractivity contribution >= 4 is 34.7 Å². The fraction of sp³-hybridized carbons (Fsp3) is 0. The number of rotatable bonds is 2. The molecule has 0 bridgehead atoms. The number of nitrogens with one attached hydrogen (secondary N) is 1. The zero-order valence-corrected chi connectivity index (χ0v) is 10.0. The van der Waals surface area contributed by atoms with E-state index in [2.05, 4.69) is 15.3 Å². The largest absolute Gasteiger partial charge is 0.334 e. The van der Waals surface area contributed by atoms with Crippen molar-refractivity contribution in [2.24, 2.45) is 0 Å². The van der Waals surface area contributed by atoms with Crippen LogP contribution >= 0.6 is 23.2 Å². The summed E-state index contributed by atoms with van der Waals surface area (Å²) in [6, 6.07) is 1.49. The molecule has 0 spiro atoms. The van der Waals surface area contributed by atoms with Crippen LogP contribution in [0, 0.1) is 17.5 Å². The summed E-state index contributed by atoms with van der Waals surface area (Å²) in [5.74, 6) is -3.03. The molecule has 0 aliphatic carbocycles. The normalized spacial score (nSPS) is 10.5. The zero-order valence-electron chi connectivity index (χ0n) is 8.52. The van der Waals surface area contributed by atoms with Crippen LogP contribution in [0.1, 0.15) is 0 Å². The first kappa shape index (κ1) is 12.9. The number of halogens is 5. The highest BCUT2D eigenvalue weighted by atomic mass is 35.5. The van der Waals surface area contributed by atoms with Gasteiger partial charge in [-0.25, -0.2) is 18.2 Å². The Bertz CT molecular complexity index is 584. The maximum Gasteiger partial charge on any atom is 0.224 e. The molecule has 0 aliphatic rings. The Kier molecular flexibility index (Phi) is 3.58. The minimum Gasteiger partial charge on any atom is -0.334 e. The van der Waals surface area contributed by atoms with Crippen LogP contribution in [0.15, 0.2) is 18.3 Å². The molecule has 2 rings (SSSR count). The first-order valence-electron chi connectivity index (χ1n) is 4.57. The maximum atomic E-state index is 13.4. The van der Waals surface area contributed by atoms with Crippen LogP contribution in [0.5, 0.6) is 0 Å². The molecule has 1 aromatic carbocycles. The third kappa shape index (κ3) is 2.65. The Balaban J connectivity index is 2.43. The predicted octanol–water partition coefficient (Wildman–Crippen LogP) is 3.94. The summed E-state index contributed by atoms with van der Waals surface area (Å²) in [6.07, 6.45) is 0.812. The molecule has 1 N–H and O–H groups in total. The van der Waals surface area contributed by atoms with Crippen molar-refractivity contribution in [3.05, 3.63) is 46.1 Å². The Morgan fingerprint density at radius 3 is 2.44 bits per heavy atom. The molecule has 0 aliphatic heterocycles. The van der Waals surface area contributed by atoms with Crippen molar-refractivity contribution in [2.75, 3.05) is 5.32 Å². The monoisotopic (exact) mass is 293 g/mol. The Morgan fingerprint density at radius 2 is 1.78 bits per heavy atom. The second-order valence-electron chi connectivity index (χ2n) is 3.21. The smallest absolute Gasteiger partial charge is 0.224 e. The standard InChI is InChI=1S/C10H4Cl2F3N3/c11-5-1-4(13)2-6(14)8(5)17-9-7(15)3-16-10(12)18-9/h1-3H,(H,16,17,18). The van der Waals surface area contributed by atoms with Gasteiger partial charge in [-0.15, -0.1) is 0 Å². The van der Waals surface area contributed by atoms with Gasteiger partial charge in [-0.1, -0.05) is 11.6 Å². The SMILES string of the molecule is Fc1cc(F)c(Nc2nc(Cl)ncc2F)c(Cl)c1. The lowest BCUT2D eigenvalue weighted by molar-refractivity contribution is 0.585. The molecule has 0 saturated heterocycles.